The number of rotatable bonds is 5. The highest BCUT2D eigenvalue weighted by Gasteiger charge is 2.27. The molecule has 0 radical (unpaired) electrons. The van der Waals surface area contributed by atoms with Crippen molar-refractivity contribution in [3.63, 3.8) is 0 Å². The van der Waals surface area contributed by atoms with Crippen molar-refractivity contribution in [2.45, 2.75) is 77.9 Å². The van der Waals surface area contributed by atoms with Gasteiger partial charge in [-0.2, -0.15) is 0 Å². The van der Waals surface area contributed by atoms with Crippen molar-refractivity contribution < 1.29 is 23.5 Å². The third kappa shape index (κ3) is 5.58. The smallest absolute Gasteiger partial charge is 0.408 e. The fraction of sp³-hybridized carbons (Fsp3) is 0.522. The minimum absolute atomic E-state index is 0.0742. The number of hydrogen-bond donors (Lipinski definition) is 1. The average Bonchev–Trinajstić information content (AvgIpc) is 2.68. The first-order valence-electron chi connectivity index (χ1n) is 10.6. The molecular weight excluding hydrogens is 422 g/mol. The Balaban J connectivity index is 1.85. The number of nitrogens with one attached hydrogen (secondary N) is 1. The van der Waals surface area contributed by atoms with E-state index < -0.39 is 23.7 Å². The number of hydrogen-bond acceptors (Lipinski definition) is 6. The molecule has 31 heavy (non-hydrogen) atoms. The summed E-state index contributed by atoms with van der Waals surface area (Å²) in [5.41, 5.74) is 0.919. The van der Waals surface area contributed by atoms with Gasteiger partial charge in [-0.15, -0.1) is 0 Å². The maximum atomic E-state index is 12.7. The van der Waals surface area contributed by atoms with Gasteiger partial charge in [-0.1, -0.05) is 24.9 Å². The molecule has 2 aromatic rings. The summed E-state index contributed by atoms with van der Waals surface area (Å²) < 4.78 is 16.2. The Hall–Kier alpha value is -2.54. The molecule has 0 bridgehead atoms. The number of fused-ring (bicyclic) bond motifs is 3. The van der Waals surface area contributed by atoms with E-state index >= 15 is 0 Å². The van der Waals surface area contributed by atoms with Crippen LogP contribution in [-0.4, -0.2) is 23.7 Å². The lowest BCUT2D eigenvalue weighted by atomic mass is 9.90. The first-order chi connectivity index (χ1) is 14.6. The van der Waals surface area contributed by atoms with Gasteiger partial charge in [0, 0.05) is 17.0 Å². The molecule has 1 aliphatic rings. The van der Waals surface area contributed by atoms with E-state index in [0.717, 1.165) is 30.2 Å². The third-order valence-electron chi connectivity index (χ3n) is 5.04. The van der Waals surface area contributed by atoms with Crippen LogP contribution in [0.3, 0.4) is 0 Å². The number of carbonyl (C=O) groups is 2. The van der Waals surface area contributed by atoms with E-state index in [4.69, 9.17) is 25.5 Å². The van der Waals surface area contributed by atoms with Crippen molar-refractivity contribution in [3.8, 4) is 5.75 Å². The number of halogens is 1. The Morgan fingerprint density at radius 1 is 1.19 bits per heavy atom. The molecule has 8 heteroatoms. The fourth-order valence-electron chi connectivity index (χ4n) is 3.69. The molecule has 3 rings (SSSR count). The fourth-order valence-corrected chi connectivity index (χ4v) is 3.89. The zero-order valence-corrected chi connectivity index (χ0v) is 19.1. The largest absolute Gasteiger partial charge is 0.444 e. The van der Waals surface area contributed by atoms with Crippen LogP contribution in [0, 0.1) is 0 Å². The predicted octanol–water partition coefficient (Wildman–Crippen LogP) is 4.92. The summed E-state index contributed by atoms with van der Waals surface area (Å²) >= 11 is 6.40. The summed E-state index contributed by atoms with van der Waals surface area (Å²) in [4.78, 5) is 37.2. The molecule has 7 nitrogen and oxygen atoms in total. The van der Waals surface area contributed by atoms with Crippen LogP contribution in [0.4, 0.5) is 4.79 Å². The van der Waals surface area contributed by atoms with Crippen molar-refractivity contribution in [1.29, 1.82) is 0 Å². The molecule has 0 saturated carbocycles. The molecule has 1 aromatic carbocycles. The zero-order chi connectivity index (χ0) is 22.8. The lowest BCUT2D eigenvalue weighted by molar-refractivity contribution is -0.137. The molecule has 1 heterocycles. The van der Waals surface area contributed by atoms with Crippen molar-refractivity contribution in [3.05, 3.63) is 38.7 Å². The van der Waals surface area contributed by atoms with E-state index in [1.54, 1.807) is 26.8 Å². The van der Waals surface area contributed by atoms with E-state index in [2.05, 4.69) is 5.32 Å². The predicted molar refractivity (Wildman–Crippen MR) is 118 cm³/mol. The lowest BCUT2D eigenvalue weighted by Gasteiger charge is -2.23. The molecule has 0 spiro atoms. The molecule has 1 amide bonds. The SMILES string of the molecule is CCCC(NC(=O)OC(C)(C)C)C(=O)Oc1cc2oc(=O)c3c(c2cc1Cl)CCCC3. The third-order valence-corrected chi connectivity index (χ3v) is 5.33. The minimum Gasteiger partial charge on any atom is -0.444 e. The quantitative estimate of drug-likeness (QED) is 0.395. The van der Waals surface area contributed by atoms with Crippen LogP contribution in [-0.2, 0) is 22.4 Å². The number of aryl methyl sites for hydroxylation is 1. The van der Waals surface area contributed by atoms with E-state index in [-0.39, 0.29) is 16.4 Å². The van der Waals surface area contributed by atoms with Crippen LogP contribution in [0.2, 0.25) is 5.02 Å². The van der Waals surface area contributed by atoms with Gasteiger partial charge in [0.1, 0.15) is 17.2 Å². The van der Waals surface area contributed by atoms with E-state index in [9.17, 15) is 14.4 Å². The van der Waals surface area contributed by atoms with Crippen LogP contribution in [0.5, 0.6) is 5.75 Å². The van der Waals surface area contributed by atoms with Crippen molar-refractivity contribution >= 4 is 34.6 Å². The van der Waals surface area contributed by atoms with Gasteiger partial charge in [-0.05, 0) is 64.5 Å². The topological polar surface area (TPSA) is 94.8 Å². The van der Waals surface area contributed by atoms with Crippen LogP contribution in [0.15, 0.2) is 21.3 Å². The normalized spacial score (nSPS) is 14.6. The van der Waals surface area contributed by atoms with Gasteiger partial charge in [0.25, 0.3) is 0 Å². The van der Waals surface area contributed by atoms with Gasteiger partial charge in [0.2, 0.25) is 0 Å². The lowest BCUT2D eigenvalue weighted by Crippen LogP contribution is -2.45. The number of amides is 1. The van der Waals surface area contributed by atoms with Crippen molar-refractivity contribution in [1.82, 2.24) is 5.32 Å². The summed E-state index contributed by atoms with van der Waals surface area (Å²) in [6.07, 6.45) is 3.73. The molecule has 0 saturated heterocycles. The first-order valence-corrected chi connectivity index (χ1v) is 11.0. The monoisotopic (exact) mass is 449 g/mol. The second-order valence-corrected chi connectivity index (χ2v) is 9.15. The standard InChI is InChI=1S/C23H28ClNO6/c1-5-8-17(25-22(28)31-23(2,3)4)21(27)30-19-12-18-15(11-16(19)24)13-9-6-7-10-14(13)20(26)29-18/h11-12,17H,5-10H2,1-4H3,(H,25,28). The average molecular weight is 450 g/mol. The van der Waals surface area contributed by atoms with Gasteiger partial charge < -0.3 is 19.2 Å². The highest BCUT2D eigenvalue weighted by Crippen LogP contribution is 2.34. The molecule has 1 aromatic heterocycles. The molecule has 0 aliphatic heterocycles. The van der Waals surface area contributed by atoms with E-state index in [1.165, 1.54) is 6.07 Å². The molecular formula is C23H28ClNO6. The highest BCUT2D eigenvalue weighted by atomic mass is 35.5. The zero-order valence-electron chi connectivity index (χ0n) is 18.3. The minimum atomic E-state index is -0.901. The molecule has 168 valence electrons. The summed E-state index contributed by atoms with van der Waals surface area (Å²) in [5, 5.41) is 3.54. The molecule has 0 fully saturated rings. The van der Waals surface area contributed by atoms with Gasteiger partial charge >= 0.3 is 17.7 Å². The van der Waals surface area contributed by atoms with Gasteiger partial charge in [0.05, 0.1) is 5.02 Å². The molecule has 1 aliphatic carbocycles. The van der Waals surface area contributed by atoms with Crippen molar-refractivity contribution in [2.75, 3.05) is 0 Å². The molecule has 1 N–H and O–H groups in total. The van der Waals surface area contributed by atoms with Crippen LogP contribution >= 0.6 is 11.6 Å². The Labute approximate surface area is 186 Å². The van der Waals surface area contributed by atoms with Gasteiger partial charge in [-0.3, -0.25) is 0 Å². The maximum Gasteiger partial charge on any atom is 0.408 e. The van der Waals surface area contributed by atoms with Crippen LogP contribution in [0.25, 0.3) is 11.0 Å². The molecule has 1 unspecified atom stereocenters. The van der Waals surface area contributed by atoms with Gasteiger partial charge in [0.15, 0.2) is 5.75 Å². The Bertz CT molecular complexity index is 1050. The summed E-state index contributed by atoms with van der Waals surface area (Å²) in [5.74, 6) is -0.598. The Kier molecular flexibility index (Phi) is 6.94. The maximum absolute atomic E-state index is 12.7. The first kappa shape index (κ1) is 23.1. The number of esters is 1. The number of alkyl carbamates (subject to hydrolysis) is 1. The van der Waals surface area contributed by atoms with Crippen LogP contribution < -0.4 is 15.7 Å². The summed E-state index contributed by atoms with van der Waals surface area (Å²) in [7, 11) is 0. The van der Waals surface area contributed by atoms with Crippen LogP contribution in [0.1, 0.15) is 64.5 Å². The summed E-state index contributed by atoms with van der Waals surface area (Å²) in [6, 6.07) is 2.23. The van der Waals surface area contributed by atoms with Gasteiger partial charge in [-0.25, -0.2) is 14.4 Å². The second-order valence-electron chi connectivity index (χ2n) is 8.74. The van der Waals surface area contributed by atoms with E-state index in [0.29, 0.717) is 30.4 Å². The Morgan fingerprint density at radius 2 is 1.87 bits per heavy atom. The number of benzene rings is 1. The van der Waals surface area contributed by atoms with Crippen molar-refractivity contribution in [2.24, 2.45) is 0 Å². The highest BCUT2D eigenvalue weighted by molar-refractivity contribution is 6.33. The van der Waals surface area contributed by atoms with E-state index in [1.807, 2.05) is 6.92 Å². The summed E-state index contributed by atoms with van der Waals surface area (Å²) in [6.45, 7) is 7.10. The molecule has 1 atom stereocenters. The second kappa shape index (κ2) is 9.30. The number of carbonyl (C=O) groups excluding carboxylic acids is 2. The number of ether oxygens (including phenoxy) is 2. The Morgan fingerprint density at radius 3 is 2.52 bits per heavy atom.